The second kappa shape index (κ2) is 4.58. The summed E-state index contributed by atoms with van der Waals surface area (Å²) in [6.07, 6.45) is 8.12. The quantitative estimate of drug-likeness (QED) is 0.784. The monoisotopic (exact) mass is 279 g/mol. The van der Waals surface area contributed by atoms with Crippen molar-refractivity contribution in [2.24, 2.45) is 5.92 Å². The highest BCUT2D eigenvalue weighted by molar-refractivity contribution is 6.01. The standard InChI is InChI=1S/C17H17N3O/c1-11-13-6-5-12(10-15-18-7-8-19-15)17(21)16(13)20-9-3-2-4-14(11)20/h2-4,7-9,12H,5-6,10H2,1H3,(H,18,19). The minimum Gasteiger partial charge on any atom is -0.349 e. The van der Waals surface area contributed by atoms with E-state index in [1.807, 2.05) is 24.5 Å². The fourth-order valence-corrected chi connectivity index (χ4v) is 3.48. The molecule has 1 atom stereocenters. The molecule has 21 heavy (non-hydrogen) atoms. The number of pyridine rings is 1. The lowest BCUT2D eigenvalue weighted by Gasteiger charge is -2.21. The largest absolute Gasteiger partial charge is 0.349 e. The average molecular weight is 279 g/mol. The summed E-state index contributed by atoms with van der Waals surface area (Å²) in [5.74, 6) is 1.18. The third kappa shape index (κ3) is 1.82. The first-order valence-electron chi connectivity index (χ1n) is 7.36. The number of hydrogen-bond donors (Lipinski definition) is 1. The SMILES string of the molecule is Cc1c2c(n3ccccc13)C(=O)C(Cc1ncc[nH]1)CC2. The number of Topliss-reactive ketones (excluding diaryl/α,β-unsaturated/α-hetero) is 1. The molecule has 1 aliphatic carbocycles. The van der Waals surface area contributed by atoms with Crippen molar-refractivity contribution in [3.63, 3.8) is 0 Å². The Morgan fingerprint density at radius 2 is 2.33 bits per heavy atom. The molecular formula is C17H17N3O. The maximum atomic E-state index is 12.9. The predicted octanol–water partition coefficient (Wildman–Crippen LogP) is 2.96. The second-order valence-corrected chi connectivity index (χ2v) is 5.75. The fraction of sp³-hybridized carbons (Fsp3) is 0.294. The van der Waals surface area contributed by atoms with Gasteiger partial charge in [-0.2, -0.15) is 0 Å². The van der Waals surface area contributed by atoms with Gasteiger partial charge in [0, 0.05) is 36.4 Å². The van der Waals surface area contributed by atoms with Gasteiger partial charge in [-0.3, -0.25) is 4.79 Å². The van der Waals surface area contributed by atoms with Gasteiger partial charge >= 0.3 is 0 Å². The molecule has 0 bridgehead atoms. The van der Waals surface area contributed by atoms with Crippen LogP contribution in [0, 0.1) is 12.8 Å². The molecule has 0 aromatic carbocycles. The van der Waals surface area contributed by atoms with E-state index in [-0.39, 0.29) is 11.7 Å². The van der Waals surface area contributed by atoms with Crippen molar-refractivity contribution in [1.29, 1.82) is 0 Å². The van der Waals surface area contributed by atoms with E-state index in [9.17, 15) is 4.79 Å². The number of aryl methyl sites for hydroxylation is 1. The van der Waals surface area contributed by atoms with Gasteiger partial charge in [0.15, 0.2) is 5.78 Å². The summed E-state index contributed by atoms with van der Waals surface area (Å²) in [4.78, 5) is 20.3. The minimum absolute atomic E-state index is 0.0290. The molecule has 0 aliphatic heterocycles. The van der Waals surface area contributed by atoms with Crippen LogP contribution in [0.25, 0.3) is 5.52 Å². The summed E-state index contributed by atoms with van der Waals surface area (Å²) >= 11 is 0. The molecule has 4 nitrogen and oxygen atoms in total. The van der Waals surface area contributed by atoms with Gasteiger partial charge in [-0.15, -0.1) is 0 Å². The molecule has 106 valence electrons. The molecule has 3 aromatic heterocycles. The third-order valence-electron chi connectivity index (χ3n) is 4.57. The molecule has 4 rings (SSSR count). The van der Waals surface area contributed by atoms with Crippen LogP contribution in [0.4, 0.5) is 0 Å². The summed E-state index contributed by atoms with van der Waals surface area (Å²) in [5, 5.41) is 0. The number of aromatic nitrogens is 3. The maximum Gasteiger partial charge on any atom is 0.183 e. The van der Waals surface area contributed by atoms with E-state index in [0.717, 1.165) is 29.9 Å². The second-order valence-electron chi connectivity index (χ2n) is 5.75. The van der Waals surface area contributed by atoms with Crippen molar-refractivity contribution < 1.29 is 4.79 Å². The van der Waals surface area contributed by atoms with Crippen LogP contribution in [0.3, 0.4) is 0 Å². The molecule has 1 aliphatic rings. The molecule has 0 fully saturated rings. The van der Waals surface area contributed by atoms with Gasteiger partial charge in [0.05, 0.1) is 5.69 Å². The molecule has 0 radical (unpaired) electrons. The fourth-order valence-electron chi connectivity index (χ4n) is 3.48. The lowest BCUT2D eigenvalue weighted by Crippen LogP contribution is -2.25. The number of nitrogens with zero attached hydrogens (tertiary/aromatic N) is 2. The Morgan fingerprint density at radius 1 is 1.43 bits per heavy atom. The molecule has 0 saturated carbocycles. The van der Waals surface area contributed by atoms with E-state index >= 15 is 0 Å². The summed E-state index contributed by atoms with van der Waals surface area (Å²) < 4.78 is 2.06. The van der Waals surface area contributed by atoms with Crippen molar-refractivity contribution in [3.8, 4) is 0 Å². The highest BCUT2D eigenvalue weighted by atomic mass is 16.1. The summed E-state index contributed by atoms with van der Waals surface area (Å²) in [6, 6.07) is 6.09. The molecule has 3 heterocycles. The van der Waals surface area contributed by atoms with Gasteiger partial charge in [0.1, 0.15) is 5.82 Å². The normalized spacial score (nSPS) is 18.1. The minimum atomic E-state index is 0.0290. The van der Waals surface area contributed by atoms with E-state index in [1.165, 1.54) is 11.1 Å². The number of hydrogen-bond acceptors (Lipinski definition) is 2. The van der Waals surface area contributed by atoms with Crippen LogP contribution < -0.4 is 0 Å². The Labute approximate surface area is 122 Å². The average Bonchev–Trinajstić information content (AvgIpc) is 3.10. The van der Waals surface area contributed by atoms with Crippen LogP contribution >= 0.6 is 0 Å². The van der Waals surface area contributed by atoms with Crippen LogP contribution in [0.1, 0.15) is 33.9 Å². The van der Waals surface area contributed by atoms with Gasteiger partial charge in [-0.1, -0.05) is 6.07 Å². The maximum absolute atomic E-state index is 12.9. The molecule has 0 spiro atoms. The zero-order valence-corrected chi connectivity index (χ0v) is 12.0. The van der Waals surface area contributed by atoms with Crippen LogP contribution in [-0.2, 0) is 12.8 Å². The van der Waals surface area contributed by atoms with Crippen molar-refractivity contribution in [2.75, 3.05) is 0 Å². The Hall–Kier alpha value is -2.36. The zero-order chi connectivity index (χ0) is 14.4. The van der Waals surface area contributed by atoms with Crippen LogP contribution in [-0.4, -0.2) is 20.2 Å². The first kappa shape index (κ1) is 12.4. The topological polar surface area (TPSA) is 50.2 Å². The molecule has 1 N–H and O–H groups in total. The van der Waals surface area contributed by atoms with Crippen LogP contribution in [0.2, 0.25) is 0 Å². The Balaban J connectivity index is 1.79. The van der Waals surface area contributed by atoms with Crippen LogP contribution in [0.15, 0.2) is 36.8 Å². The lowest BCUT2D eigenvalue weighted by atomic mass is 9.83. The van der Waals surface area contributed by atoms with Crippen molar-refractivity contribution in [3.05, 3.63) is 59.4 Å². The van der Waals surface area contributed by atoms with Crippen molar-refractivity contribution >= 4 is 11.3 Å². The highest BCUT2D eigenvalue weighted by Crippen LogP contribution is 2.33. The number of aromatic amines is 1. The Bertz CT molecular complexity index is 814. The number of fused-ring (bicyclic) bond motifs is 3. The number of ketones is 1. The third-order valence-corrected chi connectivity index (χ3v) is 4.57. The predicted molar refractivity (Wildman–Crippen MR) is 80.6 cm³/mol. The summed E-state index contributed by atoms with van der Waals surface area (Å²) in [5.41, 5.74) is 4.50. The van der Waals surface area contributed by atoms with Crippen molar-refractivity contribution in [1.82, 2.24) is 14.4 Å². The van der Waals surface area contributed by atoms with Gasteiger partial charge in [-0.25, -0.2) is 4.98 Å². The zero-order valence-electron chi connectivity index (χ0n) is 12.0. The highest BCUT2D eigenvalue weighted by Gasteiger charge is 2.32. The van der Waals surface area contributed by atoms with E-state index in [0.29, 0.717) is 6.42 Å². The molecule has 1 unspecified atom stereocenters. The van der Waals surface area contributed by atoms with Gasteiger partial charge in [-0.05, 0) is 43.0 Å². The smallest absolute Gasteiger partial charge is 0.183 e. The van der Waals surface area contributed by atoms with Gasteiger partial charge in [0.25, 0.3) is 0 Å². The first-order valence-corrected chi connectivity index (χ1v) is 7.36. The number of H-pyrrole nitrogens is 1. The number of nitrogens with one attached hydrogen (secondary N) is 1. The first-order chi connectivity index (χ1) is 10.3. The van der Waals surface area contributed by atoms with Gasteiger partial charge < -0.3 is 9.38 Å². The number of carbonyl (C=O) groups is 1. The molecule has 0 saturated heterocycles. The number of carbonyl (C=O) groups excluding carboxylic acids is 1. The van der Waals surface area contributed by atoms with E-state index < -0.39 is 0 Å². The van der Waals surface area contributed by atoms with E-state index in [1.54, 1.807) is 6.20 Å². The van der Waals surface area contributed by atoms with Gasteiger partial charge in [0.2, 0.25) is 0 Å². The molecule has 3 aromatic rings. The number of imidazole rings is 1. The van der Waals surface area contributed by atoms with E-state index in [4.69, 9.17) is 0 Å². The van der Waals surface area contributed by atoms with Crippen LogP contribution in [0.5, 0.6) is 0 Å². The van der Waals surface area contributed by atoms with Crippen molar-refractivity contribution in [2.45, 2.75) is 26.2 Å². The Kier molecular flexibility index (Phi) is 2.70. The molecule has 4 heteroatoms. The molecular weight excluding hydrogens is 262 g/mol. The van der Waals surface area contributed by atoms with E-state index in [2.05, 4.69) is 27.4 Å². The summed E-state index contributed by atoms with van der Waals surface area (Å²) in [7, 11) is 0. The lowest BCUT2D eigenvalue weighted by molar-refractivity contribution is 0.0893. The molecule has 0 amide bonds. The summed E-state index contributed by atoms with van der Waals surface area (Å²) in [6.45, 7) is 2.12. The number of rotatable bonds is 2. The Morgan fingerprint density at radius 3 is 3.14 bits per heavy atom.